The van der Waals surface area contributed by atoms with Crippen LogP contribution in [0.25, 0.3) is 0 Å². The summed E-state index contributed by atoms with van der Waals surface area (Å²) in [6.45, 7) is 5.80. The van der Waals surface area contributed by atoms with Crippen molar-refractivity contribution in [1.29, 1.82) is 0 Å². The Morgan fingerprint density at radius 3 is 1.86 bits per heavy atom. The van der Waals surface area contributed by atoms with Crippen LogP contribution in [0.2, 0.25) is 0 Å². The van der Waals surface area contributed by atoms with Crippen LogP contribution in [0.3, 0.4) is 0 Å². The molecule has 0 saturated carbocycles. The van der Waals surface area contributed by atoms with Gasteiger partial charge in [0.2, 0.25) is 0 Å². The van der Waals surface area contributed by atoms with Crippen LogP contribution >= 0.6 is 0 Å². The van der Waals surface area contributed by atoms with Gasteiger partial charge in [0, 0.05) is 5.57 Å². The molecule has 0 unspecified atom stereocenters. The molecule has 0 spiro atoms. The van der Waals surface area contributed by atoms with Gasteiger partial charge >= 0.3 is 5.97 Å². The predicted octanol–water partition coefficient (Wildman–Crippen LogP) is 6.27. The molecule has 122 valence electrons. The highest BCUT2D eigenvalue weighted by Gasteiger charge is 2.02. The third-order valence-electron chi connectivity index (χ3n) is 3.79. The maximum atomic E-state index is 10.6. The molecule has 0 aromatic heterocycles. The van der Waals surface area contributed by atoms with E-state index in [0.717, 1.165) is 19.3 Å². The van der Waals surface area contributed by atoms with Gasteiger partial charge in [-0.05, 0) is 38.5 Å². The Hall–Kier alpha value is -1.05. The van der Waals surface area contributed by atoms with Gasteiger partial charge in [-0.15, -0.1) is 0 Å². The van der Waals surface area contributed by atoms with E-state index in [2.05, 4.69) is 25.7 Å². The molecule has 2 nitrogen and oxygen atoms in total. The third-order valence-corrected chi connectivity index (χ3v) is 3.79. The molecule has 0 radical (unpaired) electrons. The minimum atomic E-state index is -0.854. The molecule has 0 heterocycles. The van der Waals surface area contributed by atoms with Gasteiger partial charge in [-0.25, -0.2) is 4.79 Å². The van der Waals surface area contributed by atoms with Crippen LogP contribution in [0.15, 0.2) is 24.3 Å². The summed E-state index contributed by atoms with van der Waals surface area (Å²) in [5, 5.41) is 8.68. The second-order valence-electron chi connectivity index (χ2n) is 5.89. The van der Waals surface area contributed by atoms with Crippen molar-refractivity contribution in [3.8, 4) is 0 Å². The number of carboxylic acids is 1. The molecule has 0 aromatic carbocycles. The lowest BCUT2D eigenvalue weighted by atomic mass is 10.1. The quantitative estimate of drug-likeness (QED) is 0.219. The second kappa shape index (κ2) is 15.3. The fourth-order valence-electron chi connectivity index (χ4n) is 2.34. The largest absolute Gasteiger partial charge is 0.478 e. The molecular formula is C19H34O2. The van der Waals surface area contributed by atoms with Gasteiger partial charge < -0.3 is 5.11 Å². The standard InChI is InChI=1S/C19H34O2/c1-3-4-5-6-7-8-9-10-11-12-13-14-15-16-17-18(2)19(20)21/h10-11H,2-9,12-17H2,1H3,(H,20,21)/b11-10+. The van der Waals surface area contributed by atoms with Crippen LogP contribution in [0.1, 0.15) is 90.4 Å². The first-order valence-corrected chi connectivity index (χ1v) is 8.74. The highest BCUT2D eigenvalue weighted by Crippen LogP contribution is 2.11. The summed E-state index contributed by atoms with van der Waals surface area (Å²) in [5.41, 5.74) is 0.342. The van der Waals surface area contributed by atoms with E-state index >= 15 is 0 Å². The molecular weight excluding hydrogens is 260 g/mol. The van der Waals surface area contributed by atoms with Gasteiger partial charge in [0.05, 0.1) is 0 Å². The first-order chi connectivity index (χ1) is 10.2. The van der Waals surface area contributed by atoms with E-state index < -0.39 is 5.97 Å². The maximum absolute atomic E-state index is 10.6. The van der Waals surface area contributed by atoms with Gasteiger partial charge in [0.25, 0.3) is 0 Å². The Kier molecular flexibility index (Phi) is 14.6. The zero-order valence-electron chi connectivity index (χ0n) is 13.9. The Morgan fingerprint density at radius 2 is 1.33 bits per heavy atom. The minimum Gasteiger partial charge on any atom is -0.478 e. The molecule has 0 aliphatic rings. The zero-order valence-corrected chi connectivity index (χ0v) is 13.9. The monoisotopic (exact) mass is 294 g/mol. The lowest BCUT2D eigenvalue weighted by molar-refractivity contribution is -0.132. The summed E-state index contributed by atoms with van der Waals surface area (Å²) in [7, 11) is 0. The molecule has 0 aromatic rings. The number of allylic oxidation sites excluding steroid dienone is 2. The molecule has 2 heteroatoms. The summed E-state index contributed by atoms with van der Waals surface area (Å²) in [6.07, 6.45) is 20.3. The fraction of sp³-hybridized carbons (Fsp3) is 0.737. The van der Waals surface area contributed by atoms with Crippen LogP contribution in [0, 0.1) is 0 Å². The summed E-state index contributed by atoms with van der Waals surface area (Å²) in [5.74, 6) is -0.854. The van der Waals surface area contributed by atoms with E-state index in [4.69, 9.17) is 5.11 Å². The average Bonchev–Trinajstić information content (AvgIpc) is 2.47. The molecule has 0 aliphatic heterocycles. The Labute approximate surface area is 131 Å². The van der Waals surface area contributed by atoms with Gasteiger partial charge in [0.15, 0.2) is 0 Å². The Balaban J connectivity index is 3.19. The molecule has 21 heavy (non-hydrogen) atoms. The lowest BCUT2D eigenvalue weighted by Gasteiger charge is -2.00. The average molecular weight is 294 g/mol. The van der Waals surface area contributed by atoms with Crippen molar-refractivity contribution in [2.24, 2.45) is 0 Å². The van der Waals surface area contributed by atoms with Crippen molar-refractivity contribution >= 4 is 5.97 Å². The molecule has 0 aliphatic carbocycles. The van der Waals surface area contributed by atoms with E-state index in [1.165, 1.54) is 57.8 Å². The van der Waals surface area contributed by atoms with E-state index in [-0.39, 0.29) is 0 Å². The molecule has 0 saturated heterocycles. The van der Waals surface area contributed by atoms with Crippen LogP contribution < -0.4 is 0 Å². The fourth-order valence-corrected chi connectivity index (χ4v) is 2.34. The number of hydrogen-bond donors (Lipinski definition) is 1. The Morgan fingerprint density at radius 1 is 0.857 bits per heavy atom. The molecule has 0 rings (SSSR count). The van der Waals surface area contributed by atoms with Crippen molar-refractivity contribution in [2.75, 3.05) is 0 Å². The number of carbonyl (C=O) groups is 1. The van der Waals surface area contributed by atoms with Crippen LogP contribution in [-0.4, -0.2) is 11.1 Å². The van der Waals surface area contributed by atoms with Gasteiger partial charge in [0.1, 0.15) is 0 Å². The SMILES string of the molecule is C=C(CCCCCC/C=C/CCCCCCCC)C(=O)O. The van der Waals surface area contributed by atoms with E-state index in [0.29, 0.717) is 12.0 Å². The van der Waals surface area contributed by atoms with Crippen molar-refractivity contribution in [3.63, 3.8) is 0 Å². The molecule has 0 bridgehead atoms. The molecule has 0 fully saturated rings. The summed E-state index contributed by atoms with van der Waals surface area (Å²) in [6, 6.07) is 0. The smallest absolute Gasteiger partial charge is 0.330 e. The van der Waals surface area contributed by atoms with Gasteiger partial charge in [-0.1, -0.05) is 70.6 Å². The predicted molar refractivity (Wildman–Crippen MR) is 91.6 cm³/mol. The van der Waals surface area contributed by atoms with Crippen LogP contribution in [0.4, 0.5) is 0 Å². The first-order valence-electron chi connectivity index (χ1n) is 8.74. The van der Waals surface area contributed by atoms with Crippen molar-refractivity contribution in [3.05, 3.63) is 24.3 Å². The second-order valence-corrected chi connectivity index (χ2v) is 5.89. The first kappa shape index (κ1) is 19.9. The number of rotatable bonds is 15. The number of carboxylic acid groups (broad SMARTS) is 1. The van der Waals surface area contributed by atoms with Crippen molar-refractivity contribution in [1.82, 2.24) is 0 Å². The lowest BCUT2D eigenvalue weighted by Crippen LogP contribution is -1.98. The Bertz CT molecular complexity index is 292. The topological polar surface area (TPSA) is 37.3 Å². The van der Waals surface area contributed by atoms with Gasteiger partial charge in [-0.2, -0.15) is 0 Å². The van der Waals surface area contributed by atoms with Gasteiger partial charge in [-0.3, -0.25) is 0 Å². The normalized spacial score (nSPS) is 11.1. The highest BCUT2D eigenvalue weighted by molar-refractivity contribution is 5.85. The van der Waals surface area contributed by atoms with Crippen LogP contribution in [-0.2, 0) is 4.79 Å². The third kappa shape index (κ3) is 15.2. The van der Waals surface area contributed by atoms with E-state index in [1.807, 2.05) is 0 Å². The van der Waals surface area contributed by atoms with Crippen LogP contribution in [0.5, 0.6) is 0 Å². The minimum absolute atomic E-state index is 0.342. The summed E-state index contributed by atoms with van der Waals surface area (Å²) < 4.78 is 0. The highest BCUT2D eigenvalue weighted by atomic mass is 16.4. The number of hydrogen-bond acceptors (Lipinski definition) is 1. The number of unbranched alkanes of at least 4 members (excludes halogenated alkanes) is 10. The molecule has 0 atom stereocenters. The van der Waals surface area contributed by atoms with Crippen molar-refractivity contribution < 1.29 is 9.90 Å². The summed E-state index contributed by atoms with van der Waals surface area (Å²) >= 11 is 0. The van der Waals surface area contributed by atoms with E-state index in [9.17, 15) is 4.79 Å². The van der Waals surface area contributed by atoms with E-state index in [1.54, 1.807) is 0 Å². The number of aliphatic carboxylic acids is 1. The maximum Gasteiger partial charge on any atom is 0.330 e. The summed E-state index contributed by atoms with van der Waals surface area (Å²) in [4.78, 5) is 10.6. The van der Waals surface area contributed by atoms with Crippen molar-refractivity contribution in [2.45, 2.75) is 90.4 Å². The zero-order chi connectivity index (χ0) is 15.8. The molecule has 1 N–H and O–H groups in total. The molecule has 0 amide bonds.